The standard InChI is InChI=1S/C14H17N3O3S/c1-9(14(7-8-14)21(2,19)20)15-13(18)12-10-5-3-4-6-11(10)16-17-12/h3-6,9H,7-8H2,1-2H3,(H,15,18)(H,16,17). The smallest absolute Gasteiger partial charge is 0.272 e. The number of rotatable bonds is 4. The molecule has 0 bridgehead atoms. The number of aromatic amines is 1. The van der Waals surface area contributed by atoms with Crippen molar-refractivity contribution >= 4 is 26.6 Å². The van der Waals surface area contributed by atoms with Gasteiger partial charge in [0, 0.05) is 17.7 Å². The van der Waals surface area contributed by atoms with Gasteiger partial charge in [-0.05, 0) is 25.8 Å². The van der Waals surface area contributed by atoms with Crippen molar-refractivity contribution in [3.8, 4) is 0 Å². The van der Waals surface area contributed by atoms with Gasteiger partial charge >= 0.3 is 0 Å². The molecule has 3 rings (SSSR count). The highest BCUT2D eigenvalue weighted by molar-refractivity contribution is 7.92. The second-order valence-corrected chi connectivity index (χ2v) is 8.01. The van der Waals surface area contributed by atoms with Gasteiger partial charge in [-0.2, -0.15) is 5.10 Å². The van der Waals surface area contributed by atoms with Gasteiger partial charge in [-0.1, -0.05) is 18.2 Å². The second-order valence-electron chi connectivity index (χ2n) is 5.65. The maximum Gasteiger partial charge on any atom is 0.272 e. The predicted molar refractivity (Wildman–Crippen MR) is 79.8 cm³/mol. The second kappa shape index (κ2) is 4.56. The van der Waals surface area contributed by atoms with Crippen LogP contribution in [-0.2, 0) is 9.84 Å². The molecule has 1 aliphatic rings. The summed E-state index contributed by atoms with van der Waals surface area (Å²) in [6.45, 7) is 1.74. The summed E-state index contributed by atoms with van der Waals surface area (Å²) < 4.78 is 22.9. The van der Waals surface area contributed by atoms with Gasteiger partial charge in [-0.25, -0.2) is 8.42 Å². The van der Waals surface area contributed by atoms with E-state index in [0.717, 1.165) is 10.9 Å². The van der Waals surface area contributed by atoms with Crippen LogP contribution in [0.15, 0.2) is 24.3 Å². The minimum Gasteiger partial charge on any atom is -0.347 e. The van der Waals surface area contributed by atoms with Gasteiger partial charge in [0.05, 0.1) is 10.3 Å². The molecule has 1 unspecified atom stereocenters. The summed E-state index contributed by atoms with van der Waals surface area (Å²) in [4.78, 5) is 12.3. The van der Waals surface area contributed by atoms with Gasteiger partial charge in [0.2, 0.25) is 0 Å². The highest BCUT2D eigenvalue weighted by Crippen LogP contribution is 2.46. The molecular weight excluding hydrogens is 290 g/mol. The normalized spacial score (nSPS) is 18.4. The summed E-state index contributed by atoms with van der Waals surface area (Å²) in [7, 11) is -3.19. The number of sulfone groups is 1. The Kier molecular flexibility index (Phi) is 3.05. The van der Waals surface area contributed by atoms with E-state index >= 15 is 0 Å². The lowest BCUT2D eigenvalue weighted by atomic mass is 10.1. The topological polar surface area (TPSA) is 91.9 Å². The predicted octanol–water partition coefficient (Wildman–Crippen LogP) is 1.26. The third-order valence-corrected chi connectivity index (χ3v) is 6.54. The van der Waals surface area contributed by atoms with Gasteiger partial charge in [0.1, 0.15) is 0 Å². The van der Waals surface area contributed by atoms with E-state index < -0.39 is 20.6 Å². The molecule has 6 nitrogen and oxygen atoms in total. The summed E-state index contributed by atoms with van der Waals surface area (Å²) in [5.74, 6) is -0.352. The number of nitrogens with one attached hydrogen (secondary N) is 2. The van der Waals surface area contributed by atoms with Crippen LogP contribution in [0.5, 0.6) is 0 Å². The molecule has 1 amide bonds. The number of amides is 1. The number of para-hydroxylation sites is 1. The molecule has 0 saturated heterocycles. The van der Waals surface area contributed by atoms with Crippen molar-refractivity contribution in [2.45, 2.75) is 30.6 Å². The average Bonchev–Trinajstić information content (AvgIpc) is 3.13. The number of aromatic nitrogens is 2. The lowest BCUT2D eigenvalue weighted by Gasteiger charge is -2.22. The largest absolute Gasteiger partial charge is 0.347 e. The zero-order chi connectivity index (χ0) is 15.3. The Hall–Kier alpha value is -1.89. The molecule has 2 N–H and O–H groups in total. The van der Waals surface area contributed by atoms with E-state index in [1.54, 1.807) is 6.92 Å². The maximum atomic E-state index is 12.3. The third-order valence-electron chi connectivity index (χ3n) is 4.30. The number of carbonyl (C=O) groups excluding carboxylic acids is 1. The van der Waals surface area contributed by atoms with Crippen LogP contribution in [0.1, 0.15) is 30.3 Å². The highest BCUT2D eigenvalue weighted by Gasteiger charge is 2.56. The Morgan fingerprint density at radius 2 is 2.05 bits per heavy atom. The zero-order valence-electron chi connectivity index (χ0n) is 11.9. The molecule has 0 spiro atoms. The van der Waals surface area contributed by atoms with Crippen LogP contribution in [0.3, 0.4) is 0 Å². The molecule has 2 aromatic rings. The quantitative estimate of drug-likeness (QED) is 0.889. The fourth-order valence-corrected chi connectivity index (χ4v) is 4.33. The first kappa shape index (κ1) is 14.1. The molecule has 1 aliphatic carbocycles. The van der Waals surface area contributed by atoms with Gasteiger partial charge in [-0.3, -0.25) is 9.89 Å². The number of hydrogen-bond acceptors (Lipinski definition) is 4. The fourth-order valence-electron chi connectivity index (χ4n) is 2.78. The van der Waals surface area contributed by atoms with E-state index in [1.807, 2.05) is 24.3 Å². The van der Waals surface area contributed by atoms with Crippen molar-refractivity contribution in [3.63, 3.8) is 0 Å². The summed E-state index contributed by atoms with van der Waals surface area (Å²) in [5, 5.41) is 10.3. The van der Waals surface area contributed by atoms with E-state index in [9.17, 15) is 13.2 Å². The van der Waals surface area contributed by atoms with Gasteiger partial charge in [0.15, 0.2) is 15.5 Å². The minimum absolute atomic E-state index is 0.293. The molecule has 112 valence electrons. The van der Waals surface area contributed by atoms with Crippen LogP contribution >= 0.6 is 0 Å². The number of H-pyrrole nitrogens is 1. The Bertz CT molecular complexity index is 806. The number of hydrogen-bond donors (Lipinski definition) is 2. The monoisotopic (exact) mass is 307 g/mol. The zero-order valence-corrected chi connectivity index (χ0v) is 12.7. The summed E-state index contributed by atoms with van der Waals surface area (Å²) >= 11 is 0. The van der Waals surface area contributed by atoms with Gasteiger partial charge in [-0.15, -0.1) is 0 Å². The van der Waals surface area contributed by atoms with Gasteiger partial charge < -0.3 is 5.32 Å². The third kappa shape index (κ3) is 2.21. The van der Waals surface area contributed by atoms with Crippen molar-refractivity contribution in [1.29, 1.82) is 0 Å². The first-order valence-electron chi connectivity index (χ1n) is 6.79. The number of fused-ring (bicyclic) bond motifs is 1. The average molecular weight is 307 g/mol. The number of carbonyl (C=O) groups is 1. The maximum absolute atomic E-state index is 12.3. The Morgan fingerprint density at radius 3 is 2.67 bits per heavy atom. The van der Waals surface area contributed by atoms with E-state index in [1.165, 1.54) is 6.26 Å². The van der Waals surface area contributed by atoms with Crippen LogP contribution in [0.4, 0.5) is 0 Å². The molecular formula is C14H17N3O3S. The molecule has 1 atom stereocenters. The minimum atomic E-state index is -3.19. The van der Waals surface area contributed by atoms with Crippen LogP contribution in [-0.4, -0.2) is 41.6 Å². The summed E-state index contributed by atoms with van der Waals surface area (Å²) in [6.07, 6.45) is 2.41. The molecule has 1 saturated carbocycles. The van der Waals surface area contributed by atoms with Crippen molar-refractivity contribution in [1.82, 2.24) is 15.5 Å². The highest BCUT2D eigenvalue weighted by atomic mass is 32.2. The van der Waals surface area contributed by atoms with E-state index in [2.05, 4.69) is 15.5 Å². The van der Waals surface area contributed by atoms with Crippen molar-refractivity contribution in [3.05, 3.63) is 30.0 Å². The summed E-state index contributed by atoms with van der Waals surface area (Å²) in [6, 6.07) is 6.89. The molecule has 0 aliphatic heterocycles. The lowest BCUT2D eigenvalue weighted by molar-refractivity contribution is 0.0934. The SMILES string of the molecule is CC(NC(=O)c1n[nH]c2ccccc12)C1(S(C)(=O)=O)CC1. The first-order chi connectivity index (χ1) is 9.85. The van der Waals surface area contributed by atoms with Gasteiger partial charge in [0.25, 0.3) is 5.91 Å². The van der Waals surface area contributed by atoms with E-state index in [-0.39, 0.29) is 5.91 Å². The van der Waals surface area contributed by atoms with Crippen LogP contribution in [0, 0.1) is 0 Å². The van der Waals surface area contributed by atoms with Crippen molar-refractivity contribution in [2.75, 3.05) is 6.26 Å². The van der Waals surface area contributed by atoms with Crippen LogP contribution in [0.25, 0.3) is 10.9 Å². The van der Waals surface area contributed by atoms with Crippen LogP contribution < -0.4 is 5.32 Å². The van der Waals surface area contributed by atoms with Crippen LogP contribution in [0.2, 0.25) is 0 Å². The molecule has 0 radical (unpaired) electrons. The molecule has 21 heavy (non-hydrogen) atoms. The summed E-state index contributed by atoms with van der Waals surface area (Å²) in [5.41, 5.74) is 1.07. The number of nitrogens with zero attached hydrogens (tertiary/aromatic N) is 1. The number of benzene rings is 1. The lowest BCUT2D eigenvalue weighted by Crippen LogP contribution is -2.46. The van der Waals surface area contributed by atoms with Crippen molar-refractivity contribution in [2.24, 2.45) is 0 Å². The molecule has 7 heteroatoms. The van der Waals surface area contributed by atoms with E-state index in [0.29, 0.717) is 18.5 Å². The molecule has 1 heterocycles. The fraction of sp³-hybridized carbons (Fsp3) is 0.429. The Balaban J connectivity index is 1.84. The molecule has 1 fully saturated rings. The van der Waals surface area contributed by atoms with Crippen molar-refractivity contribution < 1.29 is 13.2 Å². The molecule has 1 aromatic carbocycles. The Labute approximate surface area is 122 Å². The Morgan fingerprint density at radius 1 is 1.38 bits per heavy atom. The first-order valence-corrected chi connectivity index (χ1v) is 8.68. The van der Waals surface area contributed by atoms with E-state index in [4.69, 9.17) is 0 Å². The molecule has 1 aromatic heterocycles.